The quantitative estimate of drug-likeness (QED) is 0.182. The lowest BCUT2D eigenvalue weighted by molar-refractivity contribution is -0.132. The smallest absolute Gasteiger partial charge is 0.300 e. The molecule has 194 valence electrons. The molecule has 1 aromatic heterocycles. The van der Waals surface area contributed by atoms with Gasteiger partial charge in [-0.2, -0.15) is 0 Å². The minimum Gasteiger partial charge on any atom is -0.507 e. The van der Waals surface area contributed by atoms with Crippen LogP contribution in [0.5, 0.6) is 5.75 Å². The number of aromatic amines is 1. The van der Waals surface area contributed by atoms with Gasteiger partial charge in [0.25, 0.3) is 11.7 Å². The number of carbonyl (C=O) groups excluding carboxylic acids is 2. The van der Waals surface area contributed by atoms with Crippen molar-refractivity contribution in [2.45, 2.75) is 46.1 Å². The summed E-state index contributed by atoms with van der Waals surface area (Å²) >= 11 is 0. The molecule has 1 saturated heterocycles. The highest BCUT2D eigenvalue weighted by molar-refractivity contribution is 6.52. The van der Waals surface area contributed by atoms with Gasteiger partial charge in [-0.1, -0.05) is 57.2 Å². The number of aryl methyl sites for hydroxylation is 2. The number of carbonyl (C=O) groups is 2. The van der Waals surface area contributed by atoms with Crippen molar-refractivity contribution in [3.8, 4) is 5.75 Å². The van der Waals surface area contributed by atoms with E-state index in [2.05, 4.69) is 25.8 Å². The number of aliphatic hydroxyl groups excluding tert-OH is 1. The fourth-order valence-corrected chi connectivity index (χ4v) is 5.27. The monoisotopic (exact) mass is 508 g/mol. The van der Waals surface area contributed by atoms with E-state index < -0.39 is 17.7 Å². The van der Waals surface area contributed by atoms with Crippen LogP contribution in [0.25, 0.3) is 16.7 Å². The van der Waals surface area contributed by atoms with Crippen molar-refractivity contribution >= 4 is 34.0 Å². The molecule has 1 aliphatic rings. The lowest BCUT2D eigenvalue weighted by atomic mass is 9.84. The topological polar surface area (TPSA) is 82.6 Å². The summed E-state index contributed by atoms with van der Waals surface area (Å²) in [6.45, 7) is 10.1. The van der Waals surface area contributed by atoms with Gasteiger partial charge in [-0.15, -0.1) is 0 Å². The zero-order valence-electron chi connectivity index (χ0n) is 22.5. The minimum atomic E-state index is -0.837. The first-order valence-electron chi connectivity index (χ1n) is 12.7. The van der Waals surface area contributed by atoms with Crippen LogP contribution >= 0.6 is 0 Å². The first kappa shape index (κ1) is 25.3. The lowest BCUT2D eigenvalue weighted by Gasteiger charge is -2.26. The second-order valence-electron chi connectivity index (χ2n) is 10.9. The minimum absolute atomic E-state index is 0.0693. The maximum atomic E-state index is 13.8. The third kappa shape index (κ3) is 4.06. The largest absolute Gasteiger partial charge is 0.507 e. The van der Waals surface area contributed by atoms with Crippen LogP contribution < -0.4 is 9.64 Å². The number of rotatable bonds is 4. The molecule has 1 unspecified atom stereocenters. The van der Waals surface area contributed by atoms with Crippen molar-refractivity contribution in [2.75, 3.05) is 12.0 Å². The maximum absolute atomic E-state index is 13.8. The number of H-pyrrole nitrogens is 1. The number of para-hydroxylation sites is 1. The average Bonchev–Trinajstić information content (AvgIpc) is 3.35. The third-order valence-corrected chi connectivity index (χ3v) is 7.35. The van der Waals surface area contributed by atoms with E-state index in [0.717, 1.165) is 33.3 Å². The number of aliphatic hydroxyl groups is 1. The summed E-state index contributed by atoms with van der Waals surface area (Å²) in [7, 11) is 1.56. The number of Topliss-reactive ketones (excluding diaryl/α,β-unsaturated/α-hetero) is 1. The van der Waals surface area contributed by atoms with Crippen LogP contribution in [0.3, 0.4) is 0 Å². The fraction of sp³-hybridized carbons (Fsp3) is 0.250. The molecular weight excluding hydrogens is 476 g/mol. The lowest BCUT2D eigenvalue weighted by Crippen LogP contribution is -2.29. The molecule has 38 heavy (non-hydrogen) atoms. The highest BCUT2D eigenvalue weighted by Gasteiger charge is 2.48. The summed E-state index contributed by atoms with van der Waals surface area (Å²) < 4.78 is 5.41. The number of anilines is 1. The van der Waals surface area contributed by atoms with Crippen LogP contribution in [0, 0.1) is 13.8 Å². The van der Waals surface area contributed by atoms with Gasteiger partial charge >= 0.3 is 0 Å². The van der Waals surface area contributed by atoms with E-state index in [-0.39, 0.29) is 16.7 Å². The molecule has 0 bridgehead atoms. The molecule has 1 fully saturated rings. The summed E-state index contributed by atoms with van der Waals surface area (Å²) in [6.07, 6.45) is 0. The van der Waals surface area contributed by atoms with Gasteiger partial charge in [0.1, 0.15) is 11.5 Å². The van der Waals surface area contributed by atoms with E-state index in [1.54, 1.807) is 31.4 Å². The molecule has 6 nitrogen and oxygen atoms in total. The highest BCUT2D eigenvalue weighted by Crippen LogP contribution is 2.46. The number of nitrogens with zero attached hydrogens (tertiary/aromatic N) is 1. The van der Waals surface area contributed by atoms with E-state index in [0.29, 0.717) is 17.0 Å². The van der Waals surface area contributed by atoms with Gasteiger partial charge in [0.2, 0.25) is 0 Å². The molecule has 2 N–H and O–H groups in total. The van der Waals surface area contributed by atoms with E-state index in [1.165, 1.54) is 4.90 Å². The number of ether oxygens (including phenoxy) is 1. The first-order chi connectivity index (χ1) is 18.0. The van der Waals surface area contributed by atoms with Crippen LogP contribution in [0.1, 0.15) is 54.8 Å². The predicted octanol–water partition coefficient (Wildman–Crippen LogP) is 6.72. The van der Waals surface area contributed by atoms with Crippen molar-refractivity contribution in [2.24, 2.45) is 0 Å². The van der Waals surface area contributed by atoms with E-state index in [4.69, 9.17) is 4.74 Å². The van der Waals surface area contributed by atoms with Crippen molar-refractivity contribution in [3.63, 3.8) is 0 Å². The maximum Gasteiger partial charge on any atom is 0.300 e. The van der Waals surface area contributed by atoms with Gasteiger partial charge in [0.15, 0.2) is 0 Å². The summed E-state index contributed by atoms with van der Waals surface area (Å²) in [5.41, 5.74) is 5.28. The van der Waals surface area contributed by atoms with Crippen LogP contribution in [-0.4, -0.2) is 28.9 Å². The number of hydrogen-bond acceptors (Lipinski definition) is 4. The molecule has 4 aromatic rings. The van der Waals surface area contributed by atoms with Crippen LogP contribution in [0.4, 0.5) is 5.69 Å². The molecule has 1 amide bonds. The van der Waals surface area contributed by atoms with Crippen molar-refractivity contribution in [1.29, 1.82) is 0 Å². The van der Waals surface area contributed by atoms with Gasteiger partial charge in [0, 0.05) is 39.5 Å². The van der Waals surface area contributed by atoms with Crippen molar-refractivity contribution in [3.05, 3.63) is 100 Å². The van der Waals surface area contributed by atoms with E-state index in [9.17, 15) is 14.7 Å². The standard InChI is InChI=1S/C32H32N2O4/c1-18-14-15-20(32(3,4)5)16-24(18)29(35)27-28(26-19(2)33-25-13-8-7-12-23(25)26)34(31(37)30(27)36)21-10-9-11-22(17-21)38-6/h7-17,28,33,35H,1-6H3/b29-27+. The Morgan fingerprint density at radius 1 is 0.974 bits per heavy atom. The zero-order valence-corrected chi connectivity index (χ0v) is 22.5. The molecule has 0 aliphatic carbocycles. The molecule has 0 radical (unpaired) electrons. The zero-order chi connectivity index (χ0) is 27.4. The highest BCUT2D eigenvalue weighted by atomic mass is 16.5. The van der Waals surface area contributed by atoms with Crippen molar-refractivity contribution < 1.29 is 19.4 Å². The number of fused-ring (bicyclic) bond motifs is 1. The van der Waals surface area contributed by atoms with E-state index >= 15 is 0 Å². The molecule has 1 atom stereocenters. The normalized spacial score (nSPS) is 17.4. The summed E-state index contributed by atoms with van der Waals surface area (Å²) in [6, 6.07) is 19.9. The van der Waals surface area contributed by atoms with E-state index in [1.807, 2.05) is 56.3 Å². The number of methoxy groups -OCH3 is 1. The Kier molecular flexibility index (Phi) is 6.14. The predicted molar refractivity (Wildman–Crippen MR) is 151 cm³/mol. The molecule has 6 heteroatoms. The Hall–Kier alpha value is -4.32. The fourth-order valence-electron chi connectivity index (χ4n) is 5.27. The van der Waals surface area contributed by atoms with Gasteiger partial charge in [-0.25, -0.2) is 0 Å². The third-order valence-electron chi connectivity index (χ3n) is 7.35. The molecule has 0 spiro atoms. The summed E-state index contributed by atoms with van der Waals surface area (Å²) in [5.74, 6) is -1.03. The Labute approximate surface area is 222 Å². The number of ketones is 1. The Morgan fingerprint density at radius 2 is 1.71 bits per heavy atom. The van der Waals surface area contributed by atoms with Crippen LogP contribution in [0.2, 0.25) is 0 Å². The van der Waals surface area contributed by atoms with Gasteiger partial charge in [-0.05, 0) is 54.7 Å². The SMILES string of the molecule is COc1cccc(N2C(=O)C(=O)/C(=C(/O)c3cc(C(C)(C)C)ccc3C)C2c2c(C)[nH]c3ccccc23)c1. The van der Waals surface area contributed by atoms with Crippen LogP contribution in [-0.2, 0) is 15.0 Å². The molecule has 0 saturated carbocycles. The van der Waals surface area contributed by atoms with Gasteiger partial charge in [-0.3, -0.25) is 14.5 Å². The number of aromatic nitrogens is 1. The Morgan fingerprint density at radius 3 is 2.42 bits per heavy atom. The Balaban J connectivity index is 1.83. The summed E-state index contributed by atoms with van der Waals surface area (Å²) in [4.78, 5) is 32.3. The number of hydrogen-bond donors (Lipinski definition) is 2. The first-order valence-corrected chi connectivity index (χ1v) is 12.7. The Bertz CT molecular complexity index is 1620. The number of benzene rings is 3. The molecule has 5 rings (SSSR count). The second kappa shape index (κ2) is 9.21. The van der Waals surface area contributed by atoms with Gasteiger partial charge < -0.3 is 14.8 Å². The average molecular weight is 509 g/mol. The number of nitrogens with one attached hydrogen (secondary N) is 1. The molecular formula is C32H32N2O4. The molecule has 2 heterocycles. The number of amides is 1. The van der Waals surface area contributed by atoms with Crippen molar-refractivity contribution in [1.82, 2.24) is 4.98 Å². The molecule has 3 aromatic carbocycles. The van der Waals surface area contributed by atoms with Crippen LogP contribution in [0.15, 0.2) is 72.3 Å². The second-order valence-corrected chi connectivity index (χ2v) is 10.9. The summed E-state index contributed by atoms with van der Waals surface area (Å²) in [5, 5.41) is 12.7. The van der Waals surface area contributed by atoms with Gasteiger partial charge in [0.05, 0.1) is 18.7 Å². The molecule has 1 aliphatic heterocycles.